The Balaban J connectivity index is 1.33. The van der Waals surface area contributed by atoms with Crippen LogP contribution in [-0.2, 0) is 4.79 Å². The van der Waals surface area contributed by atoms with Crippen molar-refractivity contribution in [2.45, 2.75) is 6.92 Å². The van der Waals surface area contributed by atoms with Crippen LogP contribution in [0.2, 0.25) is 0 Å². The van der Waals surface area contributed by atoms with Crippen LogP contribution in [0, 0.1) is 5.82 Å². The van der Waals surface area contributed by atoms with Crippen molar-refractivity contribution in [2.24, 2.45) is 0 Å². The van der Waals surface area contributed by atoms with E-state index >= 15 is 0 Å². The molecule has 2 aromatic carbocycles. The number of piperazine rings is 1. The zero-order valence-electron chi connectivity index (χ0n) is 19.9. The summed E-state index contributed by atoms with van der Waals surface area (Å²) < 4.78 is 18.8. The maximum Gasteiger partial charge on any atom is 0.254 e. The molecule has 182 valence electrons. The van der Waals surface area contributed by atoms with Crippen LogP contribution in [0.5, 0.6) is 5.75 Å². The number of carbonyl (C=O) groups excluding carboxylic acids is 2. The van der Waals surface area contributed by atoms with E-state index in [1.165, 1.54) is 23.1 Å². The summed E-state index contributed by atoms with van der Waals surface area (Å²) in [5.41, 5.74) is 1.91. The van der Waals surface area contributed by atoms with Gasteiger partial charge in [-0.15, -0.1) is 10.2 Å². The Bertz CT molecular complexity index is 1180. The van der Waals surface area contributed by atoms with Gasteiger partial charge in [-0.25, -0.2) is 4.39 Å². The van der Waals surface area contributed by atoms with Crippen LogP contribution in [0.1, 0.15) is 17.3 Å². The SMILES string of the molecule is CCN(CC(=O)N1CCN(c2ccc(-c3cccc(OC)c3)nn2)CC1)C(=O)c1cccc(F)c1. The molecule has 1 saturated heterocycles. The maximum atomic E-state index is 13.5. The molecule has 8 nitrogen and oxygen atoms in total. The third-order valence-corrected chi connectivity index (χ3v) is 6.04. The summed E-state index contributed by atoms with van der Waals surface area (Å²) in [5.74, 6) is 0.545. The molecule has 4 rings (SSSR count). The van der Waals surface area contributed by atoms with E-state index < -0.39 is 5.82 Å². The highest BCUT2D eigenvalue weighted by Crippen LogP contribution is 2.23. The van der Waals surface area contributed by atoms with Gasteiger partial charge in [-0.2, -0.15) is 0 Å². The quantitative estimate of drug-likeness (QED) is 0.520. The molecular weight excluding hydrogens is 449 g/mol. The van der Waals surface area contributed by atoms with Crippen molar-refractivity contribution in [2.75, 3.05) is 51.3 Å². The van der Waals surface area contributed by atoms with Crippen LogP contribution in [0.4, 0.5) is 10.2 Å². The highest BCUT2D eigenvalue weighted by Gasteiger charge is 2.25. The van der Waals surface area contributed by atoms with E-state index in [-0.39, 0.29) is 23.9 Å². The van der Waals surface area contributed by atoms with E-state index in [9.17, 15) is 14.0 Å². The van der Waals surface area contributed by atoms with Crippen molar-refractivity contribution >= 4 is 17.6 Å². The number of benzene rings is 2. The Morgan fingerprint density at radius 3 is 2.43 bits per heavy atom. The Hall–Kier alpha value is -4.01. The lowest BCUT2D eigenvalue weighted by molar-refractivity contribution is -0.132. The molecule has 35 heavy (non-hydrogen) atoms. The molecule has 1 aromatic heterocycles. The smallest absolute Gasteiger partial charge is 0.254 e. The Labute approximate surface area is 203 Å². The number of amides is 2. The van der Waals surface area contributed by atoms with Gasteiger partial charge in [0.2, 0.25) is 5.91 Å². The average molecular weight is 478 g/mol. The highest BCUT2D eigenvalue weighted by molar-refractivity contribution is 5.96. The summed E-state index contributed by atoms with van der Waals surface area (Å²) >= 11 is 0. The minimum atomic E-state index is -0.478. The van der Waals surface area contributed by atoms with Crippen LogP contribution in [0.3, 0.4) is 0 Å². The van der Waals surface area contributed by atoms with Crippen LogP contribution in [-0.4, -0.2) is 78.2 Å². The molecule has 1 aliphatic rings. The number of anilines is 1. The lowest BCUT2D eigenvalue weighted by atomic mass is 10.1. The molecule has 0 spiro atoms. The van der Waals surface area contributed by atoms with E-state index in [0.29, 0.717) is 32.7 Å². The lowest BCUT2D eigenvalue weighted by Crippen LogP contribution is -2.52. The van der Waals surface area contributed by atoms with Crippen molar-refractivity contribution in [1.82, 2.24) is 20.0 Å². The largest absolute Gasteiger partial charge is 0.497 e. The van der Waals surface area contributed by atoms with Gasteiger partial charge >= 0.3 is 0 Å². The summed E-state index contributed by atoms with van der Waals surface area (Å²) in [7, 11) is 1.63. The molecule has 0 N–H and O–H groups in total. The average Bonchev–Trinajstić information content (AvgIpc) is 2.91. The molecule has 2 heterocycles. The molecular formula is C26H28FN5O3. The number of likely N-dealkylation sites (N-methyl/N-ethyl adjacent to an activating group) is 1. The predicted molar refractivity (Wildman–Crippen MR) is 131 cm³/mol. The van der Waals surface area contributed by atoms with E-state index in [1.807, 2.05) is 36.4 Å². The second-order valence-corrected chi connectivity index (χ2v) is 8.21. The van der Waals surface area contributed by atoms with Crippen molar-refractivity contribution in [3.63, 3.8) is 0 Å². The normalized spacial score (nSPS) is 13.5. The van der Waals surface area contributed by atoms with Gasteiger partial charge in [-0.3, -0.25) is 9.59 Å². The van der Waals surface area contributed by atoms with Gasteiger partial charge in [0.15, 0.2) is 5.82 Å². The summed E-state index contributed by atoms with van der Waals surface area (Å²) in [6.07, 6.45) is 0. The third kappa shape index (κ3) is 5.74. The first-order chi connectivity index (χ1) is 17.0. The number of aromatic nitrogens is 2. The summed E-state index contributed by atoms with van der Waals surface area (Å²) in [5, 5.41) is 8.74. The number of halogens is 1. The first kappa shape index (κ1) is 24.1. The van der Waals surface area contributed by atoms with Gasteiger partial charge in [0.1, 0.15) is 18.1 Å². The zero-order chi connectivity index (χ0) is 24.8. The standard InChI is InChI=1S/C26H28FN5O3/c1-3-30(26(34)20-7-4-8-21(27)16-20)18-25(33)32-14-12-31(13-15-32)24-11-10-23(28-29-24)19-6-5-9-22(17-19)35-2/h4-11,16-17H,3,12-15,18H2,1-2H3. The number of carbonyl (C=O) groups is 2. The molecule has 0 aliphatic carbocycles. The van der Waals surface area contributed by atoms with Gasteiger partial charge in [-0.1, -0.05) is 18.2 Å². The van der Waals surface area contributed by atoms with Crippen LogP contribution >= 0.6 is 0 Å². The van der Waals surface area contributed by atoms with Gasteiger partial charge in [0.25, 0.3) is 5.91 Å². The molecule has 0 bridgehead atoms. The summed E-state index contributed by atoms with van der Waals surface area (Å²) in [6, 6.07) is 17.0. The third-order valence-electron chi connectivity index (χ3n) is 6.04. The highest BCUT2D eigenvalue weighted by atomic mass is 19.1. The number of hydrogen-bond donors (Lipinski definition) is 0. The molecule has 1 aliphatic heterocycles. The molecule has 3 aromatic rings. The van der Waals surface area contributed by atoms with Crippen LogP contribution < -0.4 is 9.64 Å². The molecule has 1 fully saturated rings. The van der Waals surface area contributed by atoms with Gasteiger partial charge < -0.3 is 19.4 Å². The Morgan fingerprint density at radius 2 is 1.77 bits per heavy atom. The predicted octanol–water partition coefficient (Wildman–Crippen LogP) is 3.10. The summed E-state index contributed by atoms with van der Waals surface area (Å²) in [6.45, 7) is 4.38. The maximum absolute atomic E-state index is 13.5. The molecule has 0 unspecified atom stereocenters. The van der Waals surface area contributed by atoms with Crippen molar-refractivity contribution in [3.05, 3.63) is 72.0 Å². The fourth-order valence-electron chi connectivity index (χ4n) is 4.01. The summed E-state index contributed by atoms with van der Waals surface area (Å²) in [4.78, 5) is 30.8. The van der Waals surface area contributed by atoms with E-state index in [0.717, 1.165) is 22.8 Å². The van der Waals surface area contributed by atoms with E-state index in [2.05, 4.69) is 15.1 Å². The van der Waals surface area contributed by atoms with E-state index in [4.69, 9.17) is 4.74 Å². The van der Waals surface area contributed by atoms with E-state index in [1.54, 1.807) is 25.0 Å². The number of methoxy groups -OCH3 is 1. The molecule has 0 saturated carbocycles. The monoisotopic (exact) mass is 477 g/mol. The Morgan fingerprint density at radius 1 is 1.00 bits per heavy atom. The fourth-order valence-corrected chi connectivity index (χ4v) is 4.01. The minimum absolute atomic E-state index is 0.0408. The second-order valence-electron chi connectivity index (χ2n) is 8.21. The topological polar surface area (TPSA) is 78.9 Å². The molecule has 9 heteroatoms. The number of nitrogens with zero attached hydrogens (tertiary/aromatic N) is 5. The Kier molecular flexibility index (Phi) is 7.54. The van der Waals surface area contributed by atoms with Gasteiger partial charge in [-0.05, 0) is 49.4 Å². The number of ether oxygens (including phenoxy) is 1. The lowest BCUT2D eigenvalue weighted by Gasteiger charge is -2.36. The van der Waals surface area contributed by atoms with Gasteiger partial charge in [0.05, 0.1) is 12.8 Å². The number of hydrogen-bond acceptors (Lipinski definition) is 6. The van der Waals surface area contributed by atoms with Crippen molar-refractivity contribution < 1.29 is 18.7 Å². The fraction of sp³-hybridized carbons (Fsp3) is 0.308. The molecule has 0 atom stereocenters. The molecule has 2 amide bonds. The first-order valence-corrected chi connectivity index (χ1v) is 11.5. The van der Waals surface area contributed by atoms with Crippen LogP contribution in [0.25, 0.3) is 11.3 Å². The van der Waals surface area contributed by atoms with Crippen LogP contribution in [0.15, 0.2) is 60.7 Å². The first-order valence-electron chi connectivity index (χ1n) is 11.5. The minimum Gasteiger partial charge on any atom is -0.497 e. The molecule has 0 radical (unpaired) electrons. The van der Waals surface area contributed by atoms with Gasteiger partial charge in [0, 0.05) is 43.9 Å². The second kappa shape index (κ2) is 10.9. The van der Waals surface area contributed by atoms with Crippen molar-refractivity contribution in [3.8, 4) is 17.0 Å². The zero-order valence-corrected chi connectivity index (χ0v) is 19.9. The van der Waals surface area contributed by atoms with Crippen molar-refractivity contribution in [1.29, 1.82) is 0 Å². The number of rotatable bonds is 7.